The van der Waals surface area contributed by atoms with Crippen LogP contribution in [0.25, 0.3) is 0 Å². The molecule has 0 atom stereocenters. The van der Waals surface area contributed by atoms with Crippen molar-refractivity contribution in [3.8, 4) is 0 Å². The number of hydrogen-bond donors (Lipinski definition) is 0. The molecule has 0 aromatic heterocycles. The number of allylic oxidation sites excluding steroid dienone is 1. The van der Waals surface area contributed by atoms with Crippen LogP contribution in [-0.4, -0.2) is 18.4 Å². The number of hydrogen-bond acceptors (Lipinski definition) is 1. The van der Waals surface area contributed by atoms with Crippen LogP contribution in [0.5, 0.6) is 0 Å². The average Bonchev–Trinajstić information content (AvgIpc) is 1.68. The third-order valence-corrected chi connectivity index (χ3v) is 0.550. The molecule has 0 bridgehead atoms. The van der Waals surface area contributed by atoms with Gasteiger partial charge in [-0.3, -0.25) is 4.79 Å². The summed E-state index contributed by atoms with van der Waals surface area (Å²) in [6.45, 7) is 1.86. The van der Waals surface area contributed by atoms with Crippen molar-refractivity contribution < 1.29 is 4.79 Å². The lowest BCUT2D eigenvalue weighted by Crippen LogP contribution is -2.05. The molecule has 0 aromatic carbocycles. The minimum Gasteiger partial charge on any atom is -0.325 e. The third kappa shape index (κ3) is 3.03. The van der Waals surface area contributed by atoms with Gasteiger partial charge in [-0.05, 0) is 6.92 Å². The van der Waals surface area contributed by atoms with E-state index in [0.717, 1.165) is 6.41 Å². The highest BCUT2D eigenvalue weighted by atomic mass is 16.1. The SMILES string of the molecule is C/C=C\N(C)C=O. The van der Waals surface area contributed by atoms with Gasteiger partial charge in [-0.1, -0.05) is 6.08 Å². The highest BCUT2D eigenvalue weighted by Gasteiger charge is 1.76. The monoisotopic (exact) mass is 99.1 g/mol. The molecule has 40 valence electrons. The summed E-state index contributed by atoms with van der Waals surface area (Å²) >= 11 is 0. The topological polar surface area (TPSA) is 20.3 Å². The van der Waals surface area contributed by atoms with Crippen LogP contribution < -0.4 is 0 Å². The van der Waals surface area contributed by atoms with E-state index in [2.05, 4.69) is 0 Å². The van der Waals surface area contributed by atoms with Crippen molar-refractivity contribution in [2.75, 3.05) is 7.05 Å². The van der Waals surface area contributed by atoms with Gasteiger partial charge in [0.1, 0.15) is 0 Å². The Labute approximate surface area is 43.4 Å². The molecule has 0 radical (unpaired) electrons. The van der Waals surface area contributed by atoms with E-state index < -0.39 is 0 Å². The van der Waals surface area contributed by atoms with Gasteiger partial charge in [-0.2, -0.15) is 0 Å². The molecule has 0 aliphatic carbocycles. The van der Waals surface area contributed by atoms with Gasteiger partial charge in [0.25, 0.3) is 0 Å². The lowest BCUT2D eigenvalue weighted by atomic mass is 10.7. The Balaban J connectivity index is 3.35. The Morgan fingerprint density at radius 3 is 2.29 bits per heavy atom. The predicted molar refractivity (Wildman–Crippen MR) is 28.6 cm³/mol. The Kier molecular flexibility index (Phi) is 3.02. The van der Waals surface area contributed by atoms with Crippen molar-refractivity contribution in [1.82, 2.24) is 4.90 Å². The molecule has 1 amide bonds. The lowest BCUT2D eigenvalue weighted by Gasteiger charge is -1.97. The molecule has 0 N–H and O–H groups in total. The first kappa shape index (κ1) is 6.21. The summed E-state index contributed by atoms with van der Waals surface area (Å²) in [6.07, 6.45) is 4.24. The van der Waals surface area contributed by atoms with Crippen molar-refractivity contribution in [2.24, 2.45) is 0 Å². The molecule has 0 aliphatic rings. The normalized spacial score (nSPS) is 9.43. The van der Waals surface area contributed by atoms with Crippen LogP contribution in [0.3, 0.4) is 0 Å². The fourth-order valence-corrected chi connectivity index (χ4v) is 0.270. The Morgan fingerprint density at radius 2 is 2.14 bits per heavy atom. The summed E-state index contributed by atoms with van der Waals surface area (Å²) in [5.74, 6) is 0. The number of amides is 1. The molecule has 0 heterocycles. The summed E-state index contributed by atoms with van der Waals surface area (Å²) in [6, 6.07) is 0. The summed E-state index contributed by atoms with van der Waals surface area (Å²) in [5.41, 5.74) is 0. The fourth-order valence-electron chi connectivity index (χ4n) is 0.270. The van der Waals surface area contributed by atoms with Gasteiger partial charge >= 0.3 is 0 Å². The maximum Gasteiger partial charge on any atom is 0.213 e. The molecule has 2 nitrogen and oxygen atoms in total. The molecule has 2 heteroatoms. The third-order valence-electron chi connectivity index (χ3n) is 0.550. The first-order valence-corrected chi connectivity index (χ1v) is 2.11. The van der Waals surface area contributed by atoms with Crippen molar-refractivity contribution in [1.29, 1.82) is 0 Å². The molecule has 0 spiro atoms. The first-order chi connectivity index (χ1) is 3.31. The molecule has 0 aromatic rings. The Bertz CT molecular complexity index is 78.1. The van der Waals surface area contributed by atoms with Crippen molar-refractivity contribution in [2.45, 2.75) is 6.92 Å². The van der Waals surface area contributed by atoms with Crippen LogP contribution in [0.1, 0.15) is 6.92 Å². The minimum atomic E-state index is 0.750. The van der Waals surface area contributed by atoms with E-state index in [-0.39, 0.29) is 0 Å². The summed E-state index contributed by atoms with van der Waals surface area (Å²) in [4.78, 5) is 11.2. The zero-order chi connectivity index (χ0) is 5.70. The summed E-state index contributed by atoms with van der Waals surface area (Å²) in [5, 5.41) is 0. The predicted octanol–water partition coefficient (Wildman–Crippen LogP) is 0.608. The van der Waals surface area contributed by atoms with Crippen LogP contribution >= 0.6 is 0 Å². The molecular formula is C5H9NO. The number of carbonyl (C=O) groups excluding carboxylic acids is 1. The van der Waals surface area contributed by atoms with Crippen molar-refractivity contribution >= 4 is 6.41 Å². The van der Waals surface area contributed by atoms with Crippen molar-refractivity contribution in [3.05, 3.63) is 12.3 Å². The van der Waals surface area contributed by atoms with E-state index >= 15 is 0 Å². The van der Waals surface area contributed by atoms with Gasteiger partial charge < -0.3 is 4.90 Å². The molecule has 0 saturated carbocycles. The minimum absolute atomic E-state index is 0.750. The van der Waals surface area contributed by atoms with Crippen LogP contribution in [-0.2, 0) is 4.79 Å². The highest BCUT2D eigenvalue weighted by molar-refractivity contribution is 5.48. The van der Waals surface area contributed by atoms with Gasteiger partial charge in [-0.15, -0.1) is 0 Å². The van der Waals surface area contributed by atoms with Gasteiger partial charge in [0.15, 0.2) is 0 Å². The second-order valence-electron chi connectivity index (χ2n) is 1.25. The number of nitrogens with zero attached hydrogens (tertiary/aromatic N) is 1. The second kappa shape index (κ2) is 3.40. The van der Waals surface area contributed by atoms with Gasteiger partial charge in [0.2, 0.25) is 6.41 Å². The van der Waals surface area contributed by atoms with E-state index in [1.54, 1.807) is 19.3 Å². The van der Waals surface area contributed by atoms with Crippen LogP contribution in [0.15, 0.2) is 12.3 Å². The van der Waals surface area contributed by atoms with E-state index in [9.17, 15) is 4.79 Å². The van der Waals surface area contributed by atoms with Gasteiger partial charge in [-0.25, -0.2) is 0 Å². The highest BCUT2D eigenvalue weighted by Crippen LogP contribution is 1.73. The van der Waals surface area contributed by atoms with E-state index in [4.69, 9.17) is 0 Å². The van der Waals surface area contributed by atoms with Crippen LogP contribution in [0, 0.1) is 0 Å². The molecule has 7 heavy (non-hydrogen) atoms. The molecule has 0 unspecified atom stereocenters. The maximum absolute atomic E-state index is 9.77. The van der Waals surface area contributed by atoms with Crippen molar-refractivity contribution in [3.63, 3.8) is 0 Å². The second-order valence-corrected chi connectivity index (χ2v) is 1.25. The molecule has 0 fully saturated rings. The Morgan fingerprint density at radius 1 is 1.57 bits per heavy atom. The number of carbonyl (C=O) groups is 1. The van der Waals surface area contributed by atoms with E-state index in [0.29, 0.717) is 0 Å². The summed E-state index contributed by atoms with van der Waals surface area (Å²) < 4.78 is 0. The smallest absolute Gasteiger partial charge is 0.213 e. The van der Waals surface area contributed by atoms with E-state index in [1.807, 2.05) is 6.92 Å². The molecular weight excluding hydrogens is 90.1 g/mol. The maximum atomic E-state index is 9.77. The average molecular weight is 99.1 g/mol. The summed E-state index contributed by atoms with van der Waals surface area (Å²) in [7, 11) is 1.69. The van der Waals surface area contributed by atoms with Gasteiger partial charge in [0, 0.05) is 13.2 Å². The quantitative estimate of drug-likeness (QED) is 0.464. The zero-order valence-corrected chi connectivity index (χ0v) is 4.59. The van der Waals surface area contributed by atoms with Crippen LogP contribution in [0.4, 0.5) is 0 Å². The standard InChI is InChI=1S/C5H9NO/c1-3-4-6(2)5-7/h3-5H,1-2H3/b4-3-. The largest absolute Gasteiger partial charge is 0.325 e. The Hall–Kier alpha value is -0.790. The number of rotatable bonds is 2. The lowest BCUT2D eigenvalue weighted by molar-refractivity contribution is -0.114. The fraction of sp³-hybridized carbons (Fsp3) is 0.400. The molecule has 0 rings (SSSR count). The molecule has 0 aliphatic heterocycles. The first-order valence-electron chi connectivity index (χ1n) is 2.11. The van der Waals surface area contributed by atoms with Crippen LogP contribution in [0.2, 0.25) is 0 Å². The zero-order valence-electron chi connectivity index (χ0n) is 4.59. The molecule has 0 saturated heterocycles. The van der Waals surface area contributed by atoms with E-state index in [1.165, 1.54) is 4.90 Å². The van der Waals surface area contributed by atoms with Gasteiger partial charge in [0.05, 0.1) is 0 Å².